The maximum Gasteiger partial charge on any atom is 0.409 e. The topological polar surface area (TPSA) is 73.2 Å². The van der Waals surface area contributed by atoms with Crippen LogP contribution in [-0.4, -0.2) is 73.4 Å². The van der Waals surface area contributed by atoms with Gasteiger partial charge in [0, 0.05) is 38.6 Å². The van der Waals surface area contributed by atoms with E-state index in [1.54, 1.807) is 30.9 Å². The van der Waals surface area contributed by atoms with Gasteiger partial charge in [-0.05, 0) is 25.1 Å². The smallest absolute Gasteiger partial charge is 0.409 e. The van der Waals surface area contributed by atoms with Crippen LogP contribution in [0.4, 0.5) is 4.79 Å². The Hall–Kier alpha value is -2.90. The van der Waals surface area contributed by atoms with Crippen LogP contribution in [0.1, 0.15) is 17.4 Å². The van der Waals surface area contributed by atoms with Gasteiger partial charge in [0.15, 0.2) is 0 Å². The predicted molar refractivity (Wildman–Crippen MR) is 101 cm³/mol. The number of rotatable bonds is 4. The first-order valence-electron chi connectivity index (χ1n) is 8.93. The first-order valence-corrected chi connectivity index (χ1v) is 8.93. The number of benzene rings is 1. The zero-order valence-corrected chi connectivity index (χ0v) is 16.2. The lowest BCUT2D eigenvalue weighted by Gasteiger charge is -2.34. The van der Waals surface area contributed by atoms with Gasteiger partial charge in [-0.25, -0.2) is 4.79 Å². The van der Waals surface area contributed by atoms with Crippen molar-refractivity contribution in [2.75, 3.05) is 47.0 Å². The van der Waals surface area contributed by atoms with Crippen molar-refractivity contribution in [2.24, 2.45) is 7.05 Å². The quantitative estimate of drug-likeness (QED) is 0.818. The molecule has 8 heteroatoms. The third-order valence-electron chi connectivity index (χ3n) is 4.87. The summed E-state index contributed by atoms with van der Waals surface area (Å²) in [7, 11) is 5.04. The van der Waals surface area contributed by atoms with Gasteiger partial charge >= 0.3 is 6.09 Å². The van der Waals surface area contributed by atoms with E-state index in [4.69, 9.17) is 14.2 Å². The average molecular weight is 375 g/mol. The first kappa shape index (κ1) is 18.9. The molecule has 3 rings (SSSR count). The molecule has 2 heterocycles. The van der Waals surface area contributed by atoms with E-state index in [0.717, 1.165) is 10.9 Å². The molecule has 1 aromatic heterocycles. The highest BCUT2D eigenvalue weighted by atomic mass is 16.6. The van der Waals surface area contributed by atoms with Gasteiger partial charge in [-0.2, -0.15) is 0 Å². The molecular formula is C19H25N3O5. The summed E-state index contributed by atoms with van der Waals surface area (Å²) < 4.78 is 17.7. The lowest BCUT2D eigenvalue weighted by Crippen LogP contribution is -2.51. The van der Waals surface area contributed by atoms with Crippen LogP contribution in [-0.2, 0) is 11.8 Å². The molecule has 0 bridgehead atoms. The lowest BCUT2D eigenvalue weighted by molar-refractivity contribution is 0.0563. The van der Waals surface area contributed by atoms with Crippen molar-refractivity contribution in [1.29, 1.82) is 0 Å². The second kappa shape index (κ2) is 7.77. The number of aryl methyl sites for hydroxylation is 1. The molecule has 0 aliphatic carbocycles. The molecule has 1 fully saturated rings. The lowest BCUT2D eigenvalue weighted by atomic mass is 10.2. The van der Waals surface area contributed by atoms with Crippen LogP contribution >= 0.6 is 0 Å². The Kier molecular flexibility index (Phi) is 5.43. The Labute approximate surface area is 158 Å². The maximum absolute atomic E-state index is 13.1. The number of piperazine rings is 1. The molecule has 0 spiro atoms. The van der Waals surface area contributed by atoms with Gasteiger partial charge in [0.05, 0.1) is 26.3 Å². The largest absolute Gasteiger partial charge is 0.496 e. The SMILES string of the molecule is CCOC(=O)N1CCN(C(=O)c2cc3c(OC)ccc(OC)c3n2C)CC1. The molecule has 0 radical (unpaired) electrons. The Bertz CT molecular complexity index is 853. The van der Waals surface area contributed by atoms with Gasteiger partial charge in [0.1, 0.15) is 17.2 Å². The van der Waals surface area contributed by atoms with E-state index in [9.17, 15) is 9.59 Å². The number of carbonyl (C=O) groups is 2. The number of hydrogen-bond acceptors (Lipinski definition) is 5. The Morgan fingerprint density at radius 2 is 1.59 bits per heavy atom. The highest BCUT2D eigenvalue weighted by Gasteiger charge is 2.28. The summed E-state index contributed by atoms with van der Waals surface area (Å²) in [6.07, 6.45) is -0.330. The van der Waals surface area contributed by atoms with Gasteiger partial charge in [-0.3, -0.25) is 4.79 Å². The molecule has 0 atom stereocenters. The zero-order chi connectivity index (χ0) is 19.6. The van der Waals surface area contributed by atoms with E-state index in [2.05, 4.69) is 0 Å². The second-order valence-electron chi connectivity index (χ2n) is 6.30. The molecule has 27 heavy (non-hydrogen) atoms. The number of aromatic nitrogens is 1. The summed E-state index contributed by atoms with van der Waals surface area (Å²) in [5, 5.41) is 0.827. The molecule has 1 aromatic carbocycles. The van der Waals surface area contributed by atoms with Crippen LogP contribution in [0.5, 0.6) is 11.5 Å². The molecule has 8 nitrogen and oxygen atoms in total. The molecule has 2 aromatic rings. The molecule has 2 amide bonds. The van der Waals surface area contributed by atoms with Gasteiger partial charge in [-0.15, -0.1) is 0 Å². The third kappa shape index (κ3) is 3.39. The number of hydrogen-bond donors (Lipinski definition) is 0. The fourth-order valence-corrected chi connectivity index (χ4v) is 3.43. The Morgan fingerprint density at radius 1 is 1.00 bits per heavy atom. The monoisotopic (exact) mass is 375 g/mol. The molecule has 1 saturated heterocycles. The van der Waals surface area contributed by atoms with Crippen LogP contribution in [0, 0.1) is 0 Å². The normalized spacial score (nSPS) is 14.4. The van der Waals surface area contributed by atoms with E-state index in [-0.39, 0.29) is 12.0 Å². The van der Waals surface area contributed by atoms with Crippen molar-refractivity contribution < 1.29 is 23.8 Å². The summed E-state index contributed by atoms with van der Waals surface area (Å²) in [5.74, 6) is 1.29. The summed E-state index contributed by atoms with van der Waals surface area (Å²) >= 11 is 0. The minimum atomic E-state index is -0.330. The van der Waals surface area contributed by atoms with E-state index in [1.165, 1.54) is 0 Å². The number of amides is 2. The Balaban J connectivity index is 1.85. The minimum Gasteiger partial charge on any atom is -0.496 e. The van der Waals surface area contributed by atoms with E-state index < -0.39 is 0 Å². The fourth-order valence-electron chi connectivity index (χ4n) is 3.43. The van der Waals surface area contributed by atoms with Crippen molar-refractivity contribution in [1.82, 2.24) is 14.4 Å². The average Bonchev–Trinajstić information content (AvgIpc) is 3.04. The van der Waals surface area contributed by atoms with Crippen molar-refractivity contribution >= 4 is 22.9 Å². The van der Waals surface area contributed by atoms with Crippen molar-refractivity contribution in [3.05, 3.63) is 23.9 Å². The summed E-state index contributed by atoms with van der Waals surface area (Å²) in [6, 6.07) is 5.48. The van der Waals surface area contributed by atoms with Gasteiger partial charge in [0.2, 0.25) is 0 Å². The summed E-state index contributed by atoms with van der Waals surface area (Å²) in [6.45, 7) is 3.97. The fraction of sp³-hybridized carbons (Fsp3) is 0.474. The van der Waals surface area contributed by atoms with Gasteiger partial charge in [-0.1, -0.05) is 0 Å². The highest BCUT2D eigenvalue weighted by Crippen LogP contribution is 2.35. The van der Waals surface area contributed by atoms with Crippen LogP contribution in [0.15, 0.2) is 18.2 Å². The zero-order valence-electron chi connectivity index (χ0n) is 16.2. The van der Waals surface area contributed by atoms with Crippen molar-refractivity contribution in [3.63, 3.8) is 0 Å². The standard InChI is InChI=1S/C19H25N3O5/c1-5-27-19(24)22-10-8-21(9-11-22)18(23)14-12-13-15(25-3)6-7-16(26-4)17(13)20(14)2/h6-7,12H,5,8-11H2,1-4H3. The number of ether oxygens (including phenoxy) is 3. The molecule has 0 unspecified atom stereocenters. The van der Waals surface area contributed by atoms with Crippen molar-refractivity contribution in [3.8, 4) is 11.5 Å². The molecule has 0 saturated carbocycles. The second-order valence-corrected chi connectivity index (χ2v) is 6.30. The van der Waals surface area contributed by atoms with Crippen LogP contribution in [0.2, 0.25) is 0 Å². The van der Waals surface area contributed by atoms with Gasteiger partial charge < -0.3 is 28.6 Å². The summed E-state index contributed by atoms with van der Waals surface area (Å²) in [4.78, 5) is 28.3. The first-order chi connectivity index (χ1) is 13.0. The van der Waals surface area contributed by atoms with E-state index in [0.29, 0.717) is 50.0 Å². The third-order valence-corrected chi connectivity index (χ3v) is 4.87. The number of carbonyl (C=O) groups excluding carboxylic acids is 2. The van der Waals surface area contributed by atoms with Crippen LogP contribution in [0.25, 0.3) is 10.9 Å². The van der Waals surface area contributed by atoms with Crippen LogP contribution in [0.3, 0.4) is 0 Å². The predicted octanol–water partition coefficient (Wildman–Crippen LogP) is 2.11. The molecule has 1 aliphatic rings. The summed E-state index contributed by atoms with van der Waals surface area (Å²) in [5.41, 5.74) is 1.36. The van der Waals surface area contributed by atoms with E-state index in [1.807, 2.05) is 29.8 Å². The maximum atomic E-state index is 13.1. The molecular weight excluding hydrogens is 350 g/mol. The Morgan fingerprint density at radius 3 is 2.19 bits per heavy atom. The number of methoxy groups -OCH3 is 2. The number of nitrogens with zero attached hydrogens (tertiary/aromatic N) is 3. The number of fused-ring (bicyclic) bond motifs is 1. The molecule has 146 valence electrons. The molecule has 1 aliphatic heterocycles. The van der Waals surface area contributed by atoms with E-state index >= 15 is 0 Å². The van der Waals surface area contributed by atoms with Gasteiger partial charge in [0.25, 0.3) is 5.91 Å². The highest BCUT2D eigenvalue weighted by molar-refractivity contribution is 6.02. The minimum absolute atomic E-state index is 0.0821. The van der Waals surface area contributed by atoms with Crippen LogP contribution < -0.4 is 9.47 Å². The molecule has 0 N–H and O–H groups in total. The van der Waals surface area contributed by atoms with Crippen molar-refractivity contribution in [2.45, 2.75) is 6.92 Å².